The first-order valence-corrected chi connectivity index (χ1v) is 7.62. The zero-order valence-electron chi connectivity index (χ0n) is 9.42. The van der Waals surface area contributed by atoms with Crippen LogP contribution in [0.5, 0.6) is 0 Å². The van der Waals surface area contributed by atoms with Crippen LogP contribution in [0.15, 0.2) is 48.5 Å². The summed E-state index contributed by atoms with van der Waals surface area (Å²) in [5.74, 6) is 0. The maximum atomic E-state index is 10.3. The molecule has 0 fully saturated rings. The number of benzene rings is 2. The molecule has 0 aliphatic heterocycles. The van der Waals surface area contributed by atoms with Gasteiger partial charge in [0.15, 0.2) is 0 Å². The molecule has 2 aromatic rings. The Morgan fingerprint density at radius 3 is 1.33 bits per heavy atom. The van der Waals surface area contributed by atoms with Crippen molar-refractivity contribution < 1.29 is 10.2 Å². The number of aliphatic hydroxyl groups is 2. The van der Waals surface area contributed by atoms with Gasteiger partial charge in [0.1, 0.15) is 12.2 Å². The molecule has 2 N–H and O–H groups in total. The number of aliphatic hydroxyl groups excluding tert-OH is 2. The zero-order chi connectivity index (χ0) is 13.1. The van der Waals surface area contributed by atoms with Crippen LogP contribution in [-0.4, -0.2) is 10.2 Å². The molecule has 0 saturated heterocycles. The van der Waals surface area contributed by atoms with Crippen molar-refractivity contribution in [2.75, 3.05) is 0 Å². The second-order valence-corrected chi connectivity index (χ2v) is 6.26. The Labute approximate surface area is 133 Å². The fraction of sp³-hybridized carbons (Fsp3) is 0.143. The highest BCUT2D eigenvalue weighted by atomic mass is 127. The van der Waals surface area contributed by atoms with Crippen LogP contribution in [0.3, 0.4) is 0 Å². The number of hydrogen-bond acceptors (Lipinski definition) is 2. The molecular formula is C14H12I2O2. The molecule has 0 aliphatic rings. The second kappa shape index (κ2) is 6.31. The molecular weight excluding hydrogens is 454 g/mol. The van der Waals surface area contributed by atoms with Crippen molar-refractivity contribution in [2.45, 2.75) is 12.2 Å². The van der Waals surface area contributed by atoms with Gasteiger partial charge in [-0.15, -0.1) is 0 Å². The summed E-state index contributed by atoms with van der Waals surface area (Å²) in [6.45, 7) is 0. The lowest BCUT2D eigenvalue weighted by molar-refractivity contribution is 0.0163. The summed E-state index contributed by atoms with van der Waals surface area (Å²) < 4.78 is 1.90. The van der Waals surface area contributed by atoms with Crippen molar-refractivity contribution in [3.63, 3.8) is 0 Å². The van der Waals surface area contributed by atoms with Gasteiger partial charge in [-0.3, -0.25) is 0 Å². The van der Waals surface area contributed by atoms with Crippen molar-refractivity contribution in [1.82, 2.24) is 0 Å². The molecule has 2 atom stereocenters. The lowest BCUT2D eigenvalue weighted by atomic mass is 9.98. The van der Waals surface area contributed by atoms with E-state index >= 15 is 0 Å². The molecule has 0 aliphatic carbocycles. The standard InChI is InChI=1S/C14H12I2O2/c15-11-7-3-1-5-9(11)13(17)14(18)10-6-2-4-8-12(10)16/h1-8,13-14,17-18H. The van der Waals surface area contributed by atoms with Crippen molar-refractivity contribution >= 4 is 45.2 Å². The third-order valence-corrected chi connectivity index (χ3v) is 4.71. The van der Waals surface area contributed by atoms with Gasteiger partial charge in [-0.25, -0.2) is 0 Å². The van der Waals surface area contributed by atoms with Crippen molar-refractivity contribution in [3.8, 4) is 0 Å². The van der Waals surface area contributed by atoms with E-state index < -0.39 is 12.2 Å². The Morgan fingerprint density at radius 2 is 1.00 bits per heavy atom. The Kier molecular flexibility index (Phi) is 4.99. The Bertz CT molecular complexity index is 493. The fourth-order valence-electron chi connectivity index (χ4n) is 1.77. The van der Waals surface area contributed by atoms with Gasteiger partial charge in [0.05, 0.1) is 0 Å². The molecule has 0 amide bonds. The molecule has 0 radical (unpaired) electrons. The van der Waals surface area contributed by atoms with Crippen LogP contribution < -0.4 is 0 Å². The lowest BCUT2D eigenvalue weighted by Gasteiger charge is -2.20. The van der Waals surface area contributed by atoms with E-state index in [0.717, 1.165) is 18.3 Å². The van der Waals surface area contributed by atoms with E-state index in [0.29, 0.717) is 0 Å². The summed E-state index contributed by atoms with van der Waals surface area (Å²) in [5, 5.41) is 20.6. The highest BCUT2D eigenvalue weighted by molar-refractivity contribution is 14.1. The largest absolute Gasteiger partial charge is 0.385 e. The molecule has 94 valence electrons. The second-order valence-electron chi connectivity index (χ2n) is 3.93. The van der Waals surface area contributed by atoms with Gasteiger partial charge < -0.3 is 10.2 Å². The van der Waals surface area contributed by atoms with E-state index in [1.807, 2.05) is 48.5 Å². The first kappa shape index (κ1) is 14.2. The lowest BCUT2D eigenvalue weighted by Crippen LogP contribution is -2.12. The Balaban J connectivity index is 2.33. The monoisotopic (exact) mass is 466 g/mol. The Morgan fingerprint density at radius 1 is 0.667 bits per heavy atom. The summed E-state index contributed by atoms with van der Waals surface area (Å²) in [5.41, 5.74) is 1.51. The molecule has 0 saturated carbocycles. The van der Waals surface area contributed by atoms with E-state index in [1.165, 1.54) is 0 Å². The van der Waals surface area contributed by atoms with Gasteiger partial charge in [-0.2, -0.15) is 0 Å². The summed E-state index contributed by atoms with van der Waals surface area (Å²) in [7, 11) is 0. The van der Waals surface area contributed by atoms with E-state index in [2.05, 4.69) is 45.2 Å². The molecule has 0 spiro atoms. The summed E-state index contributed by atoms with van der Waals surface area (Å²) in [6, 6.07) is 15.1. The van der Waals surface area contributed by atoms with Gasteiger partial charge in [0.25, 0.3) is 0 Å². The third kappa shape index (κ3) is 3.04. The van der Waals surface area contributed by atoms with Crippen LogP contribution in [0.25, 0.3) is 0 Å². The summed E-state index contributed by atoms with van der Waals surface area (Å²) >= 11 is 4.33. The topological polar surface area (TPSA) is 40.5 Å². The van der Waals surface area contributed by atoms with E-state index in [4.69, 9.17) is 0 Å². The highest BCUT2D eigenvalue weighted by Crippen LogP contribution is 2.33. The number of rotatable bonds is 3. The van der Waals surface area contributed by atoms with Crippen LogP contribution >= 0.6 is 45.2 Å². The van der Waals surface area contributed by atoms with Gasteiger partial charge in [-0.1, -0.05) is 36.4 Å². The molecule has 4 heteroatoms. The van der Waals surface area contributed by atoms with Gasteiger partial charge in [0, 0.05) is 7.14 Å². The molecule has 0 heterocycles. The van der Waals surface area contributed by atoms with E-state index in [-0.39, 0.29) is 0 Å². The minimum absolute atomic E-state index is 0.755. The van der Waals surface area contributed by atoms with Crippen molar-refractivity contribution in [2.24, 2.45) is 0 Å². The molecule has 2 aromatic carbocycles. The van der Waals surface area contributed by atoms with Gasteiger partial charge in [-0.05, 0) is 68.4 Å². The molecule has 0 bridgehead atoms. The molecule has 2 rings (SSSR count). The van der Waals surface area contributed by atoms with Crippen LogP contribution in [0.1, 0.15) is 23.3 Å². The number of hydrogen-bond donors (Lipinski definition) is 2. The van der Waals surface area contributed by atoms with E-state index in [9.17, 15) is 10.2 Å². The van der Waals surface area contributed by atoms with Crippen LogP contribution in [0, 0.1) is 7.14 Å². The maximum Gasteiger partial charge on any atom is 0.110 e. The highest BCUT2D eigenvalue weighted by Gasteiger charge is 2.23. The fourth-order valence-corrected chi connectivity index (χ4v) is 3.18. The molecule has 0 aromatic heterocycles. The van der Waals surface area contributed by atoms with Gasteiger partial charge in [0.2, 0.25) is 0 Å². The minimum atomic E-state index is -0.908. The SMILES string of the molecule is OC(c1ccccc1I)C(O)c1ccccc1I. The smallest absolute Gasteiger partial charge is 0.110 e. The maximum absolute atomic E-state index is 10.3. The quantitative estimate of drug-likeness (QED) is 0.679. The first-order chi connectivity index (χ1) is 8.61. The third-order valence-electron chi connectivity index (χ3n) is 2.75. The molecule has 2 nitrogen and oxygen atoms in total. The van der Waals surface area contributed by atoms with Gasteiger partial charge >= 0.3 is 0 Å². The summed E-state index contributed by atoms with van der Waals surface area (Å²) in [6.07, 6.45) is -1.82. The number of halogens is 2. The van der Waals surface area contributed by atoms with Crippen LogP contribution in [0.2, 0.25) is 0 Å². The van der Waals surface area contributed by atoms with E-state index in [1.54, 1.807) is 0 Å². The Hall–Kier alpha value is -0.180. The molecule has 2 unspecified atom stereocenters. The van der Waals surface area contributed by atoms with Crippen LogP contribution in [0.4, 0.5) is 0 Å². The van der Waals surface area contributed by atoms with Crippen LogP contribution in [-0.2, 0) is 0 Å². The first-order valence-electron chi connectivity index (χ1n) is 5.46. The predicted molar refractivity (Wildman–Crippen MR) is 88.2 cm³/mol. The van der Waals surface area contributed by atoms with Crippen molar-refractivity contribution in [1.29, 1.82) is 0 Å². The predicted octanol–water partition coefficient (Wildman–Crippen LogP) is 3.66. The minimum Gasteiger partial charge on any atom is -0.385 e. The summed E-state index contributed by atoms with van der Waals surface area (Å²) in [4.78, 5) is 0. The average Bonchev–Trinajstić information content (AvgIpc) is 2.38. The zero-order valence-corrected chi connectivity index (χ0v) is 13.7. The van der Waals surface area contributed by atoms with Crippen molar-refractivity contribution in [3.05, 3.63) is 66.8 Å². The average molecular weight is 466 g/mol. The normalized spacial score (nSPS) is 14.2. The molecule has 18 heavy (non-hydrogen) atoms.